The minimum atomic E-state index is -0.229. The van der Waals surface area contributed by atoms with Gasteiger partial charge in [0, 0.05) is 36.2 Å². The summed E-state index contributed by atoms with van der Waals surface area (Å²) >= 11 is 3.26. The van der Waals surface area contributed by atoms with Crippen molar-refractivity contribution in [3.8, 4) is 0 Å². The zero-order chi connectivity index (χ0) is 11.5. The van der Waals surface area contributed by atoms with E-state index < -0.39 is 0 Å². The first-order valence-electron chi connectivity index (χ1n) is 4.57. The molecule has 0 atom stereocenters. The van der Waals surface area contributed by atoms with Crippen LogP contribution in [0.5, 0.6) is 0 Å². The predicted molar refractivity (Wildman–Crippen MR) is 63.1 cm³/mol. The average Bonchev–Trinajstić information content (AvgIpc) is 2.64. The van der Waals surface area contributed by atoms with Crippen LogP contribution in [-0.2, 0) is 7.05 Å². The van der Waals surface area contributed by atoms with E-state index in [1.807, 2.05) is 0 Å². The molecule has 0 aliphatic rings. The van der Waals surface area contributed by atoms with Crippen LogP contribution in [0.1, 0.15) is 10.4 Å². The third-order valence-corrected chi connectivity index (χ3v) is 2.36. The van der Waals surface area contributed by atoms with Crippen LogP contribution < -0.4 is 5.32 Å². The van der Waals surface area contributed by atoms with Gasteiger partial charge in [0.2, 0.25) is 0 Å². The number of carbonyl (C=O) groups excluding carboxylic acids is 1. The Bertz CT molecular complexity index is 523. The minimum absolute atomic E-state index is 0.229. The molecular weight excluding hydrogens is 272 g/mol. The zero-order valence-electron chi connectivity index (χ0n) is 8.51. The highest BCUT2D eigenvalue weighted by molar-refractivity contribution is 9.10. The van der Waals surface area contributed by atoms with Crippen molar-refractivity contribution in [1.82, 2.24) is 14.8 Å². The SMILES string of the molecule is Cn1ccc(NC(=O)c2cncc(Br)c2)n1. The fourth-order valence-corrected chi connectivity index (χ4v) is 1.57. The number of aryl methyl sites for hydroxylation is 1. The Morgan fingerprint density at radius 3 is 2.94 bits per heavy atom. The number of carbonyl (C=O) groups is 1. The van der Waals surface area contributed by atoms with E-state index in [2.05, 4.69) is 31.3 Å². The minimum Gasteiger partial charge on any atom is -0.305 e. The molecule has 0 aliphatic carbocycles. The highest BCUT2D eigenvalue weighted by Gasteiger charge is 2.08. The summed E-state index contributed by atoms with van der Waals surface area (Å²) in [6, 6.07) is 3.43. The number of anilines is 1. The van der Waals surface area contributed by atoms with Gasteiger partial charge in [0.25, 0.3) is 5.91 Å². The monoisotopic (exact) mass is 280 g/mol. The molecule has 0 spiro atoms. The number of aromatic nitrogens is 3. The van der Waals surface area contributed by atoms with Crippen LogP contribution in [0.2, 0.25) is 0 Å². The number of hydrogen-bond acceptors (Lipinski definition) is 3. The molecule has 6 heteroatoms. The van der Waals surface area contributed by atoms with Crippen molar-refractivity contribution < 1.29 is 4.79 Å². The summed E-state index contributed by atoms with van der Waals surface area (Å²) in [7, 11) is 1.79. The molecule has 1 amide bonds. The first-order chi connectivity index (χ1) is 7.65. The molecular formula is C10H9BrN4O. The van der Waals surface area contributed by atoms with Crippen molar-refractivity contribution in [3.63, 3.8) is 0 Å². The molecule has 0 radical (unpaired) electrons. The first-order valence-corrected chi connectivity index (χ1v) is 5.36. The first kappa shape index (κ1) is 10.8. The zero-order valence-corrected chi connectivity index (χ0v) is 10.1. The summed E-state index contributed by atoms with van der Waals surface area (Å²) in [6.07, 6.45) is 4.88. The fourth-order valence-electron chi connectivity index (χ4n) is 1.21. The van der Waals surface area contributed by atoms with Crippen molar-refractivity contribution in [2.24, 2.45) is 7.05 Å². The number of nitrogens with zero attached hydrogens (tertiary/aromatic N) is 3. The molecule has 1 N–H and O–H groups in total. The van der Waals surface area contributed by atoms with Crippen LogP contribution in [0.4, 0.5) is 5.82 Å². The molecule has 2 aromatic rings. The van der Waals surface area contributed by atoms with Crippen molar-refractivity contribution in [2.45, 2.75) is 0 Å². The highest BCUT2D eigenvalue weighted by Crippen LogP contribution is 2.11. The lowest BCUT2D eigenvalue weighted by molar-refractivity contribution is 0.102. The quantitative estimate of drug-likeness (QED) is 0.913. The van der Waals surface area contributed by atoms with Crippen molar-refractivity contribution in [2.75, 3.05) is 5.32 Å². The third-order valence-electron chi connectivity index (χ3n) is 1.92. The number of halogens is 1. The van der Waals surface area contributed by atoms with Gasteiger partial charge in [0.15, 0.2) is 5.82 Å². The number of amides is 1. The summed E-state index contributed by atoms with van der Waals surface area (Å²) in [6.45, 7) is 0. The van der Waals surface area contributed by atoms with Crippen molar-refractivity contribution in [1.29, 1.82) is 0 Å². The maximum atomic E-state index is 11.8. The third kappa shape index (κ3) is 2.46. The molecule has 0 aliphatic heterocycles. The lowest BCUT2D eigenvalue weighted by atomic mass is 10.3. The van der Waals surface area contributed by atoms with E-state index >= 15 is 0 Å². The Labute approximate surface area is 101 Å². The normalized spacial score (nSPS) is 10.1. The van der Waals surface area contributed by atoms with E-state index in [1.165, 1.54) is 6.20 Å². The van der Waals surface area contributed by atoms with Crippen LogP contribution in [0.3, 0.4) is 0 Å². The van der Waals surface area contributed by atoms with Crippen LogP contribution in [-0.4, -0.2) is 20.7 Å². The Morgan fingerprint density at radius 2 is 2.31 bits per heavy atom. The Balaban J connectivity index is 2.14. The van der Waals surface area contributed by atoms with Gasteiger partial charge in [-0.2, -0.15) is 5.10 Å². The second-order valence-corrected chi connectivity index (χ2v) is 4.14. The number of nitrogens with one attached hydrogen (secondary N) is 1. The van der Waals surface area contributed by atoms with E-state index in [9.17, 15) is 4.79 Å². The maximum absolute atomic E-state index is 11.8. The van der Waals surface area contributed by atoms with E-state index in [4.69, 9.17) is 0 Å². The van der Waals surface area contributed by atoms with Crippen LogP contribution in [0.15, 0.2) is 35.2 Å². The molecule has 0 aromatic carbocycles. The van der Waals surface area contributed by atoms with Crippen molar-refractivity contribution >= 4 is 27.7 Å². The topological polar surface area (TPSA) is 59.8 Å². The summed E-state index contributed by atoms with van der Waals surface area (Å²) in [5.74, 6) is 0.292. The summed E-state index contributed by atoms with van der Waals surface area (Å²) < 4.78 is 2.38. The summed E-state index contributed by atoms with van der Waals surface area (Å²) in [4.78, 5) is 15.7. The summed E-state index contributed by atoms with van der Waals surface area (Å²) in [5.41, 5.74) is 0.486. The molecule has 2 heterocycles. The molecule has 5 nitrogen and oxygen atoms in total. The van der Waals surface area contributed by atoms with Crippen LogP contribution in [0, 0.1) is 0 Å². The van der Waals surface area contributed by atoms with E-state index in [1.54, 1.807) is 36.3 Å². The standard InChI is InChI=1S/C10H9BrN4O/c1-15-3-2-9(14-15)13-10(16)7-4-8(11)6-12-5-7/h2-6H,1H3,(H,13,14,16). The van der Waals surface area contributed by atoms with E-state index in [0.29, 0.717) is 11.4 Å². The molecule has 0 saturated carbocycles. The number of hydrogen-bond donors (Lipinski definition) is 1. The maximum Gasteiger partial charge on any atom is 0.258 e. The van der Waals surface area contributed by atoms with Crippen LogP contribution in [0.25, 0.3) is 0 Å². The van der Waals surface area contributed by atoms with Gasteiger partial charge in [-0.1, -0.05) is 0 Å². The molecule has 2 rings (SSSR count). The number of pyridine rings is 1. The second kappa shape index (κ2) is 4.44. The fraction of sp³-hybridized carbons (Fsp3) is 0.100. The molecule has 0 unspecified atom stereocenters. The van der Waals surface area contributed by atoms with Crippen LogP contribution >= 0.6 is 15.9 Å². The Kier molecular flexibility index (Phi) is 3.00. The Hall–Kier alpha value is -1.69. The van der Waals surface area contributed by atoms with Gasteiger partial charge in [-0.05, 0) is 22.0 Å². The molecule has 82 valence electrons. The van der Waals surface area contributed by atoms with Gasteiger partial charge in [0.05, 0.1) is 5.56 Å². The van der Waals surface area contributed by atoms with Gasteiger partial charge in [0.1, 0.15) is 0 Å². The lowest BCUT2D eigenvalue weighted by Gasteiger charge is -2.01. The van der Waals surface area contributed by atoms with E-state index in [-0.39, 0.29) is 5.91 Å². The van der Waals surface area contributed by atoms with E-state index in [0.717, 1.165) is 4.47 Å². The number of rotatable bonds is 2. The van der Waals surface area contributed by atoms with Gasteiger partial charge >= 0.3 is 0 Å². The van der Waals surface area contributed by atoms with Gasteiger partial charge < -0.3 is 5.32 Å². The highest BCUT2D eigenvalue weighted by atomic mass is 79.9. The lowest BCUT2D eigenvalue weighted by Crippen LogP contribution is -2.12. The van der Waals surface area contributed by atoms with Crippen molar-refractivity contribution in [3.05, 3.63) is 40.8 Å². The Morgan fingerprint density at radius 1 is 1.50 bits per heavy atom. The molecule has 0 bridgehead atoms. The molecule has 0 fully saturated rings. The summed E-state index contributed by atoms with van der Waals surface area (Å²) in [5, 5.41) is 6.73. The molecule has 2 aromatic heterocycles. The second-order valence-electron chi connectivity index (χ2n) is 3.22. The smallest absolute Gasteiger partial charge is 0.258 e. The molecule has 0 saturated heterocycles. The predicted octanol–water partition coefficient (Wildman–Crippen LogP) is 1.83. The van der Waals surface area contributed by atoms with Gasteiger partial charge in [-0.15, -0.1) is 0 Å². The van der Waals surface area contributed by atoms with Gasteiger partial charge in [-0.25, -0.2) is 0 Å². The largest absolute Gasteiger partial charge is 0.305 e. The molecule has 16 heavy (non-hydrogen) atoms. The average molecular weight is 281 g/mol. The van der Waals surface area contributed by atoms with Gasteiger partial charge in [-0.3, -0.25) is 14.5 Å².